The second-order valence-electron chi connectivity index (χ2n) is 7.01. The van der Waals surface area contributed by atoms with E-state index in [9.17, 15) is 4.79 Å². The summed E-state index contributed by atoms with van der Waals surface area (Å²) in [5.41, 5.74) is 2.86. The Balaban J connectivity index is 1.68. The van der Waals surface area contributed by atoms with Crippen molar-refractivity contribution in [3.05, 3.63) is 70.1 Å². The lowest BCUT2D eigenvalue weighted by Crippen LogP contribution is -2.28. The molecule has 1 aromatic heterocycles. The van der Waals surface area contributed by atoms with Gasteiger partial charge in [0.25, 0.3) is 0 Å². The first-order valence-corrected chi connectivity index (χ1v) is 11.8. The minimum absolute atomic E-state index is 0.350. The zero-order chi connectivity index (χ0) is 22.9. The van der Waals surface area contributed by atoms with Crippen molar-refractivity contribution in [2.45, 2.75) is 13.8 Å². The van der Waals surface area contributed by atoms with Crippen LogP contribution >= 0.6 is 22.9 Å². The highest BCUT2D eigenvalue weighted by Gasteiger charge is 2.13. The minimum Gasteiger partial charge on any atom is -0.461 e. The van der Waals surface area contributed by atoms with Gasteiger partial charge in [-0.15, -0.1) is 11.3 Å². The van der Waals surface area contributed by atoms with Crippen LogP contribution in [0.4, 0.5) is 5.13 Å². The summed E-state index contributed by atoms with van der Waals surface area (Å²) in [6.45, 7) is 7.11. The van der Waals surface area contributed by atoms with Gasteiger partial charge in [0.1, 0.15) is 6.61 Å². The van der Waals surface area contributed by atoms with Crippen LogP contribution < -0.4 is 5.01 Å². The fourth-order valence-electron chi connectivity index (χ4n) is 3.08. The number of likely N-dealkylation sites (N-methyl/N-ethyl adjacent to an activating group) is 1. The lowest BCUT2D eigenvalue weighted by molar-refractivity contribution is 0.0466. The standard InChI is InChI=1S/C24H27ClN4O2S/c1-4-29(5-2)14-15-31-23(30)19-11-7-6-10-18(19)16-26-28(3)24-27-22(17-32-24)20-12-8-9-13-21(20)25/h6-13,16-17H,4-5,14-15H2,1-3H3/b26-16+. The molecule has 8 heteroatoms. The van der Waals surface area contributed by atoms with Crippen LogP contribution in [0, 0.1) is 0 Å². The fraction of sp³-hybridized carbons (Fsp3) is 0.292. The Morgan fingerprint density at radius 1 is 1.16 bits per heavy atom. The molecule has 0 unspecified atom stereocenters. The first-order chi connectivity index (χ1) is 15.5. The number of ether oxygens (including phenoxy) is 1. The van der Waals surface area contributed by atoms with Crippen LogP contribution in [0.15, 0.2) is 59.0 Å². The average Bonchev–Trinajstić information content (AvgIpc) is 3.31. The third-order valence-corrected chi connectivity index (χ3v) is 6.24. The molecule has 0 aliphatic rings. The van der Waals surface area contributed by atoms with Crippen LogP contribution in [0.2, 0.25) is 5.02 Å². The Labute approximate surface area is 198 Å². The van der Waals surface area contributed by atoms with E-state index in [2.05, 4.69) is 28.8 Å². The molecule has 0 N–H and O–H groups in total. The smallest absolute Gasteiger partial charge is 0.338 e. The summed E-state index contributed by atoms with van der Waals surface area (Å²) >= 11 is 7.75. The Hall–Kier alpha value is -2.74. The molecule has 6 nitrogen and oxygen atoms in total. The zero-order valence-electron chi connectivity index (χ0n) is 18.5. The number of anilines is 1. The van der Waals surface area contributed by atoms with Crippen LogP contribution in [-0.4, -0.2) is 55.4 Å². The number of thiazole rings is 1. The fourth-order valence-corrected chi connectivity index (χ4v) is 4.06. The first-order valence-electron chi connectivity index (χ1n) is 10.5. The molecule has 3 aromatic rings. The number of rotatable bonds is 10. The molecule has 168 valence electrons. The monoisotopic (exact) mass is 470 g/mol. The van der Waals surface area contributed by atoms with Gasteiger partial charge in [-0.25, -0.2) is 14.8 Å². The highest BCUT2D eigenvalue weighted by atomic mass is 35.5. The van der Waals surface area contributed by atoms with Gasteiger partial charge in [0, 0.05) is 35.1 Å². The van der Waals surface area contributed by atoms with E-state index in [1.54, 1.807) is 17.3 Å². The van der Waals surface area contributed by atoms with Gasteiger partial charge in [-0.2, -0.15) is 5.10 Å². The van der Waals surface area contributed by atoms with Gasteiger partial charge >= 0.3 is 5.97 Å². The number of nitrogens with zero attached hydrogens (tertiary/aromatic N) is 4. The highest BCUT2D eigenvalue weighted by Crippen LogP contribution is 2.31. The van der Waals surface area contributed by atoms with Crippen molar-refractivity contribution in [3.63, 3.8) is 0 Å². The summed E-state index contributed by atoms with van der Waals surface area (Å²) in [5, 5.41) is 9.48. The molecule has 0 atom stereocenters. The molecule has 0 fully saturated rings. The normalized spacial score (nSPS) is 11.3. The third-order valence-electron chi connectivity index (χ3n) is 5.00. The van der Waals surface area contributed by atoms with E-state index in [1.807, 2.05) is 54.9 Å². The molecule has 0 saturated heterocycles. The molecule has 0 bridgehead atoms. The molecule has 0 aliphatic carbocycles. The first kappa shape index (κ1) is 23.9. The lowest BCUT2D eigenvalue weighted by Gasteiger charge is -2.17. The maximum Gasteiger partial charge on any atom is 0.338 e. The second kappa shape index (κ2) is 11.8. The van der Waals surface area contributed by atoms with Gasteiger partial charge in [0.15, 0.2) is 0 Å². The van der Waals surface area contributed by atoms with E-state index in [0.29, 0.717) is 22.8 Å². The molecule has 2 aromatic carbocycles. The van der Waals surface area contributed by atoms with Crippen molar-refractivity contribution in [1.82, 2.24) is 9.88 Å². The number of halogens is 1. The van der Waals surface area contributed by atoms with Gasteiger partial charge in [0.05, 0.1) is 17.5 Å². The number of hydrazone groups is 1. The van der Waals surface area contributed by atoms with Crippen LogP contribution in [0.25, 0.3) is 11.3 Å². The lowest BCUT2D eigenvalue weighted by atomic mass is 10.1. The van der Waals surface area contributed by atoms with Crippen molar-refractivity contribution in [1.29, 1.82) is 0 Å². The molecule has 0 radical (unpaired) electrons. The van der Waals surface area contributed by atoms with E-state index in [1.165, 1.54) is 11.3 Å². The summed E-state index contributed by atoms with van der Waals surface area (Å²) in [4.78, 5) is 19.4. The summed E-state index contributed by atoms with van der Waals surface area (Å²) in [7, 11) is 1.82. The van der Waals surface area contributed by atoms with Crippen LogP contribution in [0.3, 0.4) is 0 Å². The molecular weight excluding hydrogens is 444 g/mol. The summed E-state index contributed by atoms with van der Waals surface area (Å²) in [6, 6.07) is 14.9. The number of benzene rings is 2. The molecule has 32 heavy (non-hydrogen) atoms. The van der Waals surface area contributed by atoms with E-state index < -0.39 is 0 Å². The van der Waals surface area contributed by atoms with Crippen molar-refractivity contribution < 1.29 is 9.53 Å². The van der Waals surface area contributed by atoms with Gasteiger partial charge in [-0.05, 0) is 25.2 Å². The van der Waals surface area contributed by atoms with Crippen LogP contribution in [0.5, 0.6) is 0 Å². The molecular formula is C24H27ClN4O2S. The maximum atomic E-state index is 12.6. The summed E-state index contributed by atoms with van der Waals surface area (Å²) < 4.78 is 5.48. The molecule has 0 aliphatic heterocycles. The highest BCUT2D eigenvalue weighted by molar-refractivity contribution is 7.14. The number of aromatic nitrogens is 1. The van der Waals surface area contributed by atoms with Crippen LogP contribution in [0.1, 0.15) is 29.8 Å². The van der Waals surface area contributed by atoms with Gasteiger partial charge < -0.3 is 9.64 Å². The van der Waals surface area contributed by atoms with E-state index in [-0.39, 0.29) is 5.97 Å². The maximum absolute atomic E-state index is 12.6. The Bertz CT molecular complexity index is 1070. The van der Waals surface area contributed by atoms with Gasteiger partial charge in [-0.3, -0.25) is 0 Å². The van der Waals surface area contributed by atoms with E-state index in [0.717, 1.165) is 36.0 Å². The molecule has 0 saturated carbocycles. The number of hydrogen-bond acceptors (Lipinski definition) is 7. The molecule has 0 amide bonds. The molecule has 3 rings (SSSR count). The number of carbonyl (C=O) groups excluding carboxylic acids is 1. The second-order valence-corrected chi connectivity index (χ2v) is 8.26. The number of carbonyl (C=O) groups is 1. The van der Waals surface area contributed by atoms with Crippen LogP contribution in [-0.2, 0) is 4.74 Å². The average molecular weight is 471 g/mol. The van der Waals surface area contributed by atoms with Crippen molar-refractivity contribution >= 4 is 40.3 Å². The quantitative estimate of drug-likeness (QED) is 0.224. The summed E-state index contributed by atoms with van der Waals surface area (Å²) in [5.74, 6) is -0.350. The molecule has 1 heterocycles. The van der Waals surface area contributed by atoms with Crippen molar-refractivity contribution in [2.75, 3.05) is 38.3 Å². The van der Waals surface area contributed by atoms with E-state index in [4.69, 9.17) is 16.3 Å². The number of esters is 1. The molecule has 0 spiro atoms. The van der Waals surface area contributed by atoms with Crippen molar-refractivity contribution in [3.8, 4) is 11.3 Å². The zero-order valence-corrected chi connectivity index (χ0v) is 20.1. The van der Waals surface area contributed by atoms with Gasteiger partial charge in [0.2, 0.25) is 5.13 Å². The Kier molecular flexibility index (Phi) is 8.79. The minimum atomic E-state index is -0.350. The largest absolute Gasteiger partial charge is 0.461 e. The summed E-state index contributed by atoms with van der Waals surface area (Å²) in [6.07, 6.45) is 1.65. The predicted molar refractivity (Wildman–Crippen MR) is 133 cm³/mol. The number of hydrogen-bond donors (Lipinski definition) is 0. The van der Waals surface area contributed by atoms with Crippen molar-refractivity contribution in [2.24, 2.45) is 5.10 Å². The third kappa shape index (κ3) is 6.16. The Morgan fingerprint density at radius 3 is 2.62 bits per heavy atom. The van der Waals surface area contributed by atoms with Gasteiger partial charge in [-0.1, -0.05) is 61.8 Å². The van der Waals surface area contributed by atoms with E-state index >= 15 is 0 Å². The Morgan fingerprint density at radius 2 is 1.88 bits per heavy atom. The SMILES string of the molecule is CCN(CC)CCOC(=O)c1ccccc1/C=N/N(C)c1nc(-c2ccccc2Cl)cs1. The predicted octanol–water partition coefficient (Wildman–Crippen LogP) is 5.43. The topological polar surface area (TPSA) is 58.0 Å².